The highest BCUT2D eigenvalue weighted by Gasteiger charge is 2.51. The van der Waals surface area contributed by atoms with Crippen LogP contribution in [0.15, 0.2) is 41.3 Å². The van der Waals surface area contributed by atoms with Gasteiger partial charge in [-0.2, -0.15) is 0 Å². The Balaban J connectivity index is 1.48. The predicted octanol–water partition coefficient (Wildman–Crippen LogP) is 4.29. The molecular weight excluding hydrogens is 464 g/mol. The third kappa shape index (κ3) is 4.31. The van der Waals surface area contributed by atoms with Crippen LogP contribution in [-0.4, -0.2) is 51.4 Å². The summed E-state index contributed by atoms with van der Waals surface area (Å²) < 4.78 is 41.1. The number of anilines is 1. The van der Waals surface area contributed by atoms with Crippen molar-refractivity contribution in [2.24, 2.45) is 0 Å². The van der Waals surface area contributed by atoms with Gasteiger partial charge in [0.05, 0.1) is 18.2 Å². The number of methoxy groups -OCH3 is 1. The number of ketones is 1. The van der Waals surface area contributed by atoms with Crippen LogP contribution in [0.5, 0.6) is 11.5 Å². The van der Waals surface area contributed by atoms with Crippen molar-refractivity contribution in [3.8, 4) is 11.5 Å². The van der Waals surface area contributed by atoms with Crippen LogP contribution in [0.25, 0.3) is 0 Å². The van der Waals surface area contributed by atoms with E-state index in [1.54, 1.807) is 24.3 Å². The highest BCUT2D eigenvalue weighted by atomic mass is 32.2. The Hall–Kier alpha value is -2.58. The van der Waals surface area contributed by atoms with E-state index in [0.29, 0.717) is 23.9 Å². The number of fused-ring (bicyclic) bond motifs is 2. The zero-order valence-electron chi connectivity index (χ0n) is 20.7. The SMILES string of the molecule is COc1ccccc1S(=O)(=O)Nc1cc(OC2CCN(C(C)C)CC2)c2c(c1)C1(CCC1)C(=O)C2. The van der Waals surface area contributed by atoms with E-state index >= 15 is 0 Å². The summed E-state index contributed by atoms with van der Waals surface area (Å²) >= 11 is 0. The highest BCUT2D eigenvalue weighted by molar-refractivity contribution is 7.92. The quantitative estimate of drug-likeness (QED) is 0.613. The summed E-state index contributed by atoms with van der Waals surface area (Å²) in [4.78, 5) is 15.6. The van der Waals surface area contributed by atoms with E-state index in [9.17, 15) is 13.2 Å². The van der Waals surface area contributed by atoms with Crippen LogP contribution < -0.4 is 14.2 Å². The number of rotatable bonds is 7. The summed E-state index contributed by atoms with van der Waals surface area (Å²) in [6.45, 7) is 6.34. The zero-order chi connectivity index (χ0) is 24.8. The van der Waals surface area contributed by atoms with Gasteiger partial charge in [-0.15, -0.1) is 0 Å². The van der Waals surface area contributed by atoms with E-state index in [0.717, 1.165) is 56.3 Å². The Bertz CT molecular complexity index is 1230. The van der Waals surface area contributed by atoms with Crippen LogP contribution in [0.2, 0.25) is 0 Å². The third-order valence-electron chi connectivity index (χ3n) is 7.91. The fraction of sp³-hybridized carbons (Fsp3) is 0.519. The van der Waals surface area contributed by atoms with E-state index in [-0.39, 0.29) is 22.5 Å². The smallest absolute Gasteiger partial charge is 0.265 e. The summed E-state index contributed by atoms with van der Waals surface area (Å²) in [5.74, 6) is 1.14. The van der Waals surface area contributed by atoms with Gasteiger partial charge in [-0.25, -0.2) is 8.42 Å². The standard InChI is InChI=1S/C27H34N2O5S/c1-18(2)29-13-9-20(10-14-29)34-24-16-19(15-22-21(24)17-26(30)27(22)11-6-12-27)28-35(31,32)25-8-5-4-7-23(25)33-3/h4-5,7-8,15-16,18,20,28H,6,9-14,17H2,1-3H3. The average molecular weight is 499 g/mol. The van der Waals surface area contributed by atoms with E-state index in [2.05, 4.69) is 23.5 Å². The molecular formula is C27H34N2O5S. The lowest BCUT2D eigenvalue weighted by Crippen LogP contribution is -2.41. The summed E-state index contributed by atoms with van der Waals surface area (Å²) in [6, 6.07) is 10.6. The molecule has 0 unspecified atom stereocenters. The van der Waals surface area contributed by atoms with Crippen LogP contribution in [-0.2, 0) is 26.7 Å². The second-order valence-corrected chi connectivity index (χ2v) is 11.9. The molecule has 2 aliphatic carbocycles. The molecule has 1 heterocycles. The highest BCUT2D eigenvalue weighted by Crippen LogP contribution is 2.53. The first-order chi connectivity index (χ1) is 16.7. The number of nitrogens with one attached hydrogen (secondary N) is 1. The number of para-hydroxylation sites is 1. The van der Waals surface area contributed by atoms with Crippen LogP contribution in [0, 0.1) is 0 Å². The maximum absolute atomic E-state index is 13.3. The van der Waals surface area contributed by atoms with Gasteiger partial charge in [-0.3, -0.25) is 9.52 Å². The molecule has 2 aromatic carbocycles. The third-order valence-corrected chi connectivity index (χ3v) is 9.33. The lowest BCUT2D eigenvalue weighted by Gasteiger charge is -2.38. The molecule has 1 N–H and O–H groups in total. The minimum absolute atomic E-state index is 0.0446. The molecule has 0 radical (unpaired) electrons. The fourth-order valence-electron chi connectivity index (χ4n) is 5.72. The Morgan fingerprint density at radius 3 is 2.43 bits per heavy atom. The van der Waals surface area contributed by atoms with E-state index in [4.69, 9.17) is 9.47 Å². The molecule has 35 heavy (non-hydrogen) atoms. The van der Waals surface area contributed by atoms with Gasteiger partial charge >= 0.3 is 0 Å². The number of carbonyl (C=O) groups excluding carboxylic acids is 1. The molecule has 2 fully saturated rings. The van der Waals surface area contributed by atoms with Gasteiger partial charge in [-0.05, 0) is 63.3 Å². The molecule has 5 rings (SSSR count). The zero-order valence-corrected chi connectivity index (χ0v) is 21.5. The van der Waals surface area contributed by atoms with Crippen molar-refractivity contribution in [2.45, 2.75) is 74.8 Å². The van der Waals surface area contributed by atoms with Gasteiger partial charge < -0.3 is 14.4 Å². The number of hydrogen-bond donors (Lipinski definition) is 1. The van der Waals surface area contributed by atoms with Crippen molar-refractivity contribution in [2.75, 3.05) is 24.9 Å². The lowest BCUT2D eigenvalue weighted by molar-refractivity contribution is -0.125. The molecule has 1 saturated heterocycles. The molecule has 1 aliphatic heterocycles. The summed E-state index contributed by atoms with van der Waals surface area (Å²) in [6.07, 6.45) is 4.85. The van der Waals surface area contributed by atoms with Gasteiger partial charge in [-0.1, -0.05) is 18.6 Å². The van der Waals surface area contributed by atoms with Crippen LogP contribution in [0.3, 0.4) is 0 Å². The second kappa shape index (κ2) is 9.13. The molecule has 7 nitrogen and oxygen atoms in total. The lowest BCUT2D eigenvalue weighted by atomic mass is 9.64. The molecule has 2 aromatic rings. The van der Waals surface area contributed by atoms with E-state index in [1.165, 1.54) is 13.2 Å². The number of hydrogen-bond acceptors (Lipinski definition) is 6. The maximum atomic E-state index is 13.3. The number of Topliss-reactive ketones (excluding diaryl/α,β-unsaturated/α-hetero) is 1. The van der Waals surface area contributed by atoms with Crippen LogP contribution in [0.4, 0.5) is 5.69 Å². The monoisotopic (exact) mass is 498 g/mol. The van der Waals surface area contributed by atoms with E-state index in [1.807, 2.05) is 6.07 Å². The summed E-state index contributed by atoms with van der Waals surface area (Å²) in [5, 5.41) is 0. The molecule has 0 bridgehead atoms. The van der Waals surface area contributed by atoms with E-state index < -0.39 is 15.4 Å². The van der Waals surface area contributed by atoms with Crippen molar-refractivity contribution in [1.29, 1.82) is 0 Å². The molecule has 0 aromatic heterocycles. The van der Waals surface area contributed by atoms with Crippen molar-refractivity contribution >= 4 is 21.5 Å². The summed E-state index contributed by atoms with van der Waals surface area (Å²) in [5.41, 5.74) is 1.80. The Labute approximate surface area is 207 Å². The van der Waals surface area contributed by atoms with Crippen molar-refractivity contribution < 1.29 is 22.7 Å². The first-order valence-corrected chi connectivity index (χ1v) is 14.0. The Morgan fingerprint density at radius 2 is 1.80 bits per heavy atom. The molecule has 8 heteroatoms. The van der Waals surface area contributed by atoms with Crippen molar-refractivity contribution in [3.05, 3.63) is 47.5 Å². The molecule has 1 saturated carbocycles. The predicted molar refractivity (Wildman–Crippen MR) is 135 cm³/mol. The number of piperidine rings is 1. The second-order valence-electron chi connectivity index (χ2n) is 10.2. The van der Waals surface area contributed by atoms with Gasteiger partial charge in [0.1, 0.15) is 28.3 Å². The van der Waals surface area contributed by atoms with Crippen LogP contribution >= 0.6 is 0 Å². The van der Waals surface area contributed by atoms with Crippen molar-refractivity contribution in [3.63, 3.8) is 0 Å². The first-order valence-electron chi connectivity index (χ1n) is 12.5. The minimum Gasteiger partial charge on any atom is -0.495 e. The average Bonchev–Trinajstić information content (AvgIpc) is 3.11. The molecule has 0 atom stereocenters. The van der Waals surface area contributed by atoms with Gasteiger partial charge in [0.2, 0.25) is 0 Å². The molecule has 0 amide bonds. The summed E-state index contributed by atoms with van der Waals surface area (Å²) in [7, 11) is -2.45. The maximum Gasteiger partial charge on any atom is 0.265 e. The number of carbonyl (C=O) groups is 1. The number of nitrogens with zero attached hydrogens (tertiary/aromatic N) is 1. The molecule has 3 aliphatic rings. The van der Waals surface area contributed by atoms with Gasteiger partial charge in [0.25, 0.3) is 10.0 Å². The largest absolute Gasteiger partial charge is 0.495 e. The van der Waals surface area contributed by atoms with Crippen molar-refractivity contribution in [1.82, 2.24) is 4.90 Å². The first kappa shape index (κ1) is 24.1. The Morgan fingerprint density at radius 1 is 1.09 bits per heavy atom. The Kier molecular flexibility index (Phi) is 6.30. The molecule has 1 spiro atoms. The van der Waals surface area contributed by atoms with Gasteiger partial charge in [0, 0.05) is 37.2 Å². The fourth-order valence-corrected chi connectivity index (χ4v) is 6.93. The number of ether oxygens (including phenoxy) is 2. The number of likely N-dealkylation sites (tertiary alicyclic amines) is 1. The minimum atomic E-state index is -3.90. The van der Waals surface area contributed by atoms with Crippen LogP contribution in [0.1, 0.15) is 57.1 Å². The molecule has 188 valence electrons. The number of sulfonamides is 1. The topological polar surface area (TPSA) is 84.9 Å². The van der Waals surface area contributed by atoms with Gasteiger partial charge in [0.15, 0.2) is 0 Å². The number of benzene rings is 2. The normalized spacial score (nSPS) is 20.1.